The van der Waals surface area contributed by atoms with Crippen molar-refractivity contribution in [3.63, 3.8) is 0 Å². The van der Waals surface area contributed by atoms with E-state index < -0.39 is 0 Å². The van der Waals surface area contributed by atoms with Gasteiger partial charge in [-0.15, -0.1) is 0 Å². The van der Waals surface area contributed by atoms with Crippen molar-refractivity contribution in [3.8, 4) is 0 Å². The molecule has 0 bridgehead atoms. The van der Waals surface area contributed by atoms with Crippen LogP contribution in [-0.4, -0.2) is 11.5 Å². The standard InChI is InChI=1S/C12H15BrN2O/c1-2-3-8-6-9(13)12-10(7-8)15-11(16-12)4-5-14/h6-7H,2-5,14H2,1H3. The SMILES string of the molecule is CCCc1cc(Br)c2oc(CCN)nc2c1. The van der Waals surface area contributed by atoms with Crippen molar-refractivity contribution in [2.24, 2.45) is 5.73 Å². The highest BCUT2D eigenvalue weighted by molar-refractivity contribution is 9.10. The zero-order chi connectivity index (χ0) is 11.5. The van der Waals surface area contributed by atoms with Crippen molar-refractivity contribution >= 4 is 27.0 Å². The molecule has 0 spiro atoms. The van der Waals surface area contributed by atoms with Crippen LogP contribution in [0.5, 0.6) is 0 Å². The number of aromatic nitrogens is 1. The summed E-state index contributed by atoms with van der Waals surface area (Å²) in [6.45, 7) is 2.73. The van der Waals surface area contributed by atoms with Crippen LogP contribution in [0.3, 0.4) is 0 Å². The van der Waals surface area contributed by atoms with Gasteiger partial charge in [-0.25, -0.2) is 4.98 Å². The predicted molar refractivity (Wildman–Crippen MR) is 68.5 cm³/mol. The molecule has 0 unspecified atom stereocenters. The molecule has 0 aliphatic carbocycles. The second-order valence-corrected chi connectivity index (χ2v) is 4.68. The van der Waals surface area contributed by atoms with Gasteiger partial charge in [-0.1, -0.05) is 13.3 Å². The van der Waals surface area contributed by atoms with Crippen molar-refractivity contribution < 1.29 is 4.42 Å². The van der Waals surface area contributed by atoms with Crippen LogP contribution in [0.25, 0.3) is 11.1 Å². The van der Waals surface area contributed by atoms with Crippen molar-refractivity contribution in [1.29, 1.82) is 0 Å². The Balaban J connectivity index is 2.45. The number of oxazole rings is 1. The molecule has 2 aromatic rings. The zero-order valence-electron chi connectivity index (χ0n) is 9.29. The third kappa shape index (κ3) is 2.28. The van der Waals surface area contributed by atoms with E-state index in [1.165, 1.54) is 5.56 Å². The number of hydrogen-bond acceptors (Lipinski definition) is 3. The topological polar surface area (TPSA) is 52.0 Å². The molecule has 2 N–H and O–H groups in total. The number of aryl methyl sites for hydroxylation is 1. The molecule has 0 fully saturated rings. The Morgan fingerprint density at radius 2 is 2.19 bits per heavy atom. The fourth-order valence-electron chi connectivity index (χ4n) is 1.76. The van der Waals surface area contributed by atoms with E-state index >= 15 is 0 Å². The van der Waals surface area contributed by atoms with Crippen molar-refractivity contribution in [1.82, 2.24) is 4.98 Å². The van der Waals surface area contributed by atoms with Crippen LogP contribution in [-0.2, 0) is 12.8 Å². The van der Waals surface area contributed by atoms with Gasteiger partial charge in [0.05, 0.1) is 4.47 Å². The molecule has 4 heteroatoms. The minimum atomic E-state index is 0.562. The molecule has 16 heavy (non-hydrogen) atoms. The van der Waals surface area contributed by atoms with Crippen molar-refractivity contribution in [2.45, 2.75) is 26.2 Å². The Bertz CT molecular complexity index is 493. The Morgan fingerprint density at radius 1 is 1.38 bits per heavy atom. The summed E-state index contributed by atoms with van der Waals surface area (Å²) >= 11 is 3.52. The van der Waals surface area contributed by atoms with E-state index in [9.17, 15) is 0 Å². The molecule has 1 aromatic heterocycles. The molecule has 0 aliphatic rings. The Labute approximate surface area is 103 Å². The van der Waals surface area contributed by atoms with Gasteiger partial charge < -0.3 is 10.2 Å². The monoisotopic (exact) mass is 282 g/mol. The molecule has 0 radical (unpaired) electrons. The fraction of sp³-hybridized carbons (Fsp3) is 0.417. The smallest absolute Gasteiger partial charge is 0.196 e. The molecule has 2 rings (SSSR count). The summed E-state index contributed by atoms with van der Waals surface area (Å²) in [5.41, 5.74) is 8.51. The number of rotatable bonds is 4. The number of benzene rings is 1. The highest BCUT2D eigenvalue weighted by atomic mass is 79.9. The van der Waals surface area contributed by atoms with E-state index in [4.69, 9.17) is 10.2 Å². The van der Waals surface area contributed by atoms with Crippen LogP contribution in [0.2, 0.25) is 0 Å². The van der Waals surface area contributed by atoms with Gasteiger partial charge in [0.25, 0.3) is 0 Å². The van der Waals surface area contributed by atoms with E-state index in [1.807, 2.05) is 0 Å². The fourth-order valence-corrected chi connectivity index (χ4v) is 2.33. The van der Waals surface area contributed by atoms with E-state index in [0.29, 0.717) is 18.9 Å². The zero-order valence-corrected chi connectivity index (χ0v) is 10.9. The third-order valence-electron chi connectivity index (χ3n) is 2.45. The summed E-state index contributed by atoms with van der Waals surface area (Å²) in [4.78, 5) is 4.43. The minimum Gasteiger partial charge on any atom is -0.439 e. The van der Waals surface area contributed by atoms with E-state index in [0.717, 1.165) is 28.4 Å². The number of nitrogens with zero attached hydrogens (tertiary/aromatic N) is 1. The highest BCUT2D eigenvalue weighted by Gasteiger charge is 2.09. The Hall–Kier alpha value is -0.870. The first-order chi connectivity index (χ1) is 7.74. The second kappa shape index (κ2) is 4.97. The van der Waals surface area contributed by atoms with E-state index in [-0.39, 0.29) is 0 Å². The van der Waals surface area contributed by atoms with Crippen LogP contribution in [0, 0.1) is 0 Å². The average molecular weight is 283 g/mol. The normalized spacial score (nSPS) is 11.2. The lowest BCUT2D eigenvalue weighted by molar-refractivity contribution is 0.530. The second-order valence-electron chi connectivity index (χ2n) is 3.82. The first-order valence-electron chi connectivity index (χ1n) is 5.52. The van der Waals surface area contributed by atoms with Gasteiger partial charge in [0.1, 0.15) is 5.52 Å². The predicted octanol–water partition coefficient (Wildman–Crippen LogP) is 3.04. The molecule has 1 heterocycles. The lowest BCUT2D eigenvalue weighted by Crippen LogP contribution is -2.02. The maximum atomic E-state index is 5.63. The summed E-state index contributed by atoms with van der Waals surface area (Å²) in [6, 6.07) is 4.19. The molecular weight excluding hydrogens is 268 g/mol. The van der Waals surface area contributed by atoms with Crippen LogP contribution in [0.4, 0.5) is 0 Å². The van der Waals surface area contributed by atoms with Gasteiger partial charge in [-0.2, -0.15) is 0 Å². The largest absolute Gasteiger partial charge is 0.439 e. The quantitative estimate of drug-likeness (QED) is 0.938. The maximum absolute atomic E-state index is 5.63. The highest BCUT2D eigenvalue weighted by Crippen LogP contribution is 2.27. The first-order valence-corrected chi connectivity index (χ1v) is 6.31. The molecule has 1 aromatic carbocycles. The first kappa shape index (κ1) is 11.6. The molecule has 86 valence electrons. The summed E-state index contributed by atoms with van der Waals surface area (Å²) < 4.78 is 6.61. The molecule has 0 amide bonds. The molecular formula is C12H15BrN2O. The number of hydrogen-bond donors (Lipinski definition) is 1. The Morgan fingerprint density at radius 3 is 2.88 bits per heavy atom. The molecule has 0 atom stereocenters. The van der Waals surface area contributed by atoms with Crippen LogP contribution >= 0.6 is 15.9 Å². The summed E-state index contributed by atoms with van der Waals surface area (Å²) in [6.07, 6.45) is 2.88. The Kier molecular flexibility index (Phi) is 3.61. The summed E-state index contributed by atoms with van der Waals surface area (Å²) in [7, 11) is 0. The van der Waals surface area contributed by atoms with Gasteiger partial charge in [0.15, 0.2) is 11.5 Å². The summed E-state index contributed by atoms with van der Waals surface area (Å²) in [5.74, 6) is 0.715. The molecule has 0 saturated heterocycles. The van der Waals surface area contributed by atoms with Gasteiger partial charge in [-0.05, 0) is 40.0 Å². The van der Waals surface area contributed by atoms with Crippen molar-refractivity contribution in [2.75, 3.05) is 6.54 Å². The molecule has 0 saturated carbocycles. The summed E-state index contributed by atoms with van der Waals surface area (Å²) in [5, 5.41) is 0. The minimum absolute atomic E-state index is 0.562. The lowest BCUT2D eigenvalue weighted by Gasteiger charge is -1.99. The maximum Gasteiger partial charge on any atom is 0.196 e. The van der Waals surface area contributed by atoms with Crippen LogP contribution in [0.15, 0.2) is 21.0 Å². The van der Waals surface area contributed by atoms with Crippen LogP contribution in [0.1, 0.15) is 24.8 Å². The number of halogens is 1. The van der Waals surface area contributed by atoms with Gasteiger partial charge in [-0.3, -0.25) is 0 Å². The number of fused-ring (bicyclic) bond motifs is 1. The lowest BCUT2D eigenvalue weighted by atomic mass is 10.1. The molecule has 3 nitrogen and oxygen atoms in total. The average Bonchev–Trinajstić information content (AvgIpc) is 2.62. The van der Waals surface area contributed by atoms with E-state index in [1.54, 1.807) is 0 Å². The van der Waals surface area contributed by atoms with Crippen molar-refractivity contribution in [3.05, 3.63) is 28.1 Å². The number of nitrogens with two attached hydrogens (primary N) is 1. The molecule has 0 aliphatic heterocycles. The van der Waals surface area contributed by atoms with Gasteiger partial charge in [0, 0.05) is 13.0 Å². The third-order valence-corrected chi connectivity index (χ3v) is 3.03. The van der Waals surface area contributed by atoms with Crippen LogP contribution < -0.4 is 5.73 Å². The van der Waals surface area contributed by atoms with Gasteiger partial charge >= 0.3 is 0 Å². The van der Waals surface area contributed by atoms with Gasteiger partial charge in [0.2, 0.25) is 0 Å². The van der Waals surface area contributed by atoms with E-state index in [2.05, 4.69) is 40.0 Å².